The van der Waals surface area contributed by atoms with E-state index in [2.05, 4.69) is 15.3 Å². The summed E-state index contributed by atoms with van der Waals surface area (Å²) in [6.45, 7) is 1.07. The Hall–Kier alpha value is -1.62. The van der Waals surface area contributed by atoms with Crippen LogP contribution in [0.3, 0.4) is 0 Å². The summed E-state index contributed by atoms with van der Waals surface area (Å²) in [7, 11) is 1.97. The van der Waals surface area contributed by atoms with Gasteiger partial charge in [0.05, 0.1) is 17.7 Å². The molecule has 3 rings (SSSR count). The number of fused-ring (bicyclic) bond motifs is 1. The number of rotatable bonds is 2. The highest BCUT2D eigenvalue weighted by Gasteiger charge is 2.13. The van der Waals surface area contributed by atoms with E-state index in [0.29, 0.717) is 0 Å². The molecule has 0 amide bonds. The van der Waals surface area contributed by atoms with Crippen molar-refractivity contribution in [3.05, 3.63) is 28.9 Å². The van der Waals surface area contributed by atoms with Gasteiger partial charge in [-0.05, 0) is 25.0 Å². The Kier molecular flexibility index (Phi) is 2.68. The highest BCUT2D eigenvalue weighted by Crippen LogP contribution is 2.29. The van der Waals surface area contributed by atoms with E-state index in [1.165, 1.54) is 17.1 Å². The molecule has 0 fully saturated rings. The number of imidazole rings is 1. The van der Waals surface area contributed by atoms with Crippen molar-refractivity contribution in [3.63, 3.8) is 0 Å². The van der Waals surface area contributed by atoms with Crippen LogP contribution in [0.2, 0.25) is 0 Å². The van der Waals surface area contributed by atoms with Crippen LogP contribution in [-0.2, 0) is 13.5 Å². The average Bonchev–Trinajstić information content (AvgIpc) is 2.91. The van der Waals surface area contributed by atoms with Crippen LogP contribution in [0.5, 0.6) is 0 Å². The largest absolute Gasteiger partial charge is 0.375 e. The number of hydrogen-bond acceptors (Lipinski definition) is 4. The summed E-state index contributed by atoms with van der Waals surface area (Å²) < 4.78 is 1.94. The number of hydrogen-bond donors (Lipinski definition) is 1. The summed E-state index contributed by atoms with van der Waals surface area (Å²) in [5.41, 5.74) is 2.18. The standard InChI is InChI=1S/C12H14N4S/c1-16-7-9(14-8-16)4-5-11-15-10-3-2-6-13-12(10)17-11/h4-5,7-8,13H,2-3,6H2,1H3/b5-4+. The summed E-state index contributed by atoms with van der Waals surface area (Å²) in [5, 5.41) is 5.67. The molecule has 0 unspecified atom stereocenters. The van der Waals surface area contributed by atoms with Gasteiger partial charge in [0.1, 0.15) is 10.0 Å². The molecule has 4 nitrogen and oxygen atoms in total. The first kappa shape index (κ1) is 10.5. The van der Waals surface area contributed by atoms with Crippen molar-refractivity contribution in [2.24, 2.45) is 7.05 Å². The molecule has 0 saturated carbocycles. The van der Waals surface area contributed by atoms with Gasteiger partial charge in [0.2, 0.25) is 0 Å². The molecule has 0 aliphatic carbocycles. The van der Waals surface area contributed by atoms with Crippen molar-refractivity contribution < 1.29 is 0 Å². The van der Waals surface area contributed by atoms with Gasteiger partial charge in [-0.25, -0.2) is 9.97 Å². The Bertz CT molecular complexity index is 529. The Labute approximate surface area is 104 Å². The van der Waals surface area contributed by atoms with Crippen LogP contribution in [0.4, 0.5) is 5.00 Å². The summed E-state index contributed by atoms with van der Waals surface area (Å²) >= 11 is 1.72. The van der Waals surface area contributed by atoms with E-state index in [1.54, 1.807) is 17.7 Å². The molecule has 2 aromatic rings. The van der Waals surface area contributed by atoms with Crippen molar-refractivity contribution in [2.45, 2.75) is 12.8 Å². The van der Waals surface area contributed by atoms with Crippen molar-refractivity contribution in [1.82, 2.24) is 14.5 Å². The minimum absolute atomic E-state index is 0.966. The molecule has 5 heteroatoms. The smallest absolute Gasteiger partial charge is 0.118 e. The van der Waals surface area contributed by atoms with Crippen molar-refractivity contribution >= 4 is 28.5 Å². The minimum atomic E-state index is 0.966. The first-order valence-electron chi connectivity index (χ1n) is 5.71. The molecule has 0 radical (unpaired) electrons. The zero-order valence-electron chi connectivity index (χ0n) is 9.68. The molecule has 1 N–H and O–H groups in total. The van der Waals surface area contributed by atoms with Gasteiger partial charge in [-0.15, -0.1) is 0 Å². The van der Waals surface area contributed by atoms with Crippen LogP contribution < -0.4 is 5.32 Å². The number of nitrogens with one attached hydrogen (secondary N) is 1. The fourth-order valence-corrected chi connectivity index (χ4v) is 2.82. The fourth-order valence-electron chi connectivity index (χ4n) is 1.88. The molecule has 3 heterocycles. The molecule has 0 saturated heterocycles. The average molecular weight is 246 g/mol. The maximum absolute atomic E-state index is 4.61. The SMILES string of the molecule is Cn1cnc(/C=C/c2nc3c(s2)NCCC3)c1. The predicted molar refractivity (Wildman–Crippen MR) is 71.1 cm³/mol. The molecule has 88 valence electrons. The van der Waals surface area contributed by atoms with Crippen molar-refractivity contribution in [1.29, 1.82) is 0 Å². The highest BCUT2D eigenvalue weighted by molar-refractivity contribution is 7.16. The maximum Gasteiger partial charge on any atom is 0.118 e. The van der Waals surface area contributed by atoms with Crippen LogP contribution in [0.25, 0.3) is 12.2 Å². The minimum Gasteiger partial charge on any atom is -0.375 e. The number of nitrogens with zero attached hydrogens (tertiary/aromatic N) is 3. The lowest BCUT2D eigenvalue weighted by Gasteiger charge is -2.10. The lowest BCUT2D eigenvalue weighted by atomic mass is 10.2. The molecular weight excluding hydrogens is 232 g/mol. The first-order chi connectivity index (χ1) is 8.31. The predicted octanol–water partition coefficient (Wildman–Crippen LogP) is 2.41. The van der Waals surface area contributed by atoms with Gasteiger partial charge in [0, 0.05) is 19.8 Å². The Morgan fingerprint density at radius 3 is 3.18 bits per heavy atom. The lowest BCUT2D eigenvalue weighted by molar-refractivity contribution is 0.813. The number of aromatic nitrogens is 3. The van der Waals surface area contributed by atoms with E-state index in [9.17, 15) is 0 Å². The van der Waals surface area contributed by atoms with E-state index in [4.69, 9.17) is 0 Å². The molecule has 17 heavy (non-hydrogen) atoms. The molecule has 0 spiro atoms. The summed E-state index contributed by atoms with van der Waals surface area (Å²) in [6, 6.07) is 0. The maximum atomic E-state index is 4.61. The lowest BCUT2D eigenvalue weighted by Crippen LogP contribution is -2.09. The highest BCUT2D eigenvalue weighted by atomic mass is 32.1. The normalized spacial score (nSPS) is 14.9. The van der Waals surface area contributed by atoms with E-state index >= 15 is 0 Å². The van der Waals surface area contributed by atoms with Gasteiger partial charge >= 0.3 is 0 Å². The third-order valence-corrected chi connectivity index (χ3v) is 3.73. The molecule has 2 aromatic heterocycles. The fraction of sp³-hybridized carbons (Fsp3) is 0.333. The third kappa shape index (κ3) is 2.24. The van der Waals surface area contributed by atoms with Crippen LogP contribution in [0.1, 0.15) is 22.8 Å². The Morgan fingerprint density at radius 1 is 1.47 bits per heavy atom. The van der Waals surface area contributed by atoms with Gasteiger partial charge in [-0.2, -0.15) is 0 Å². The molecule has 1 aliphatic rings. The van der Waals surface area contributed by atoms with E-state index in [-0.39, 0.29) is 0 Å². The van der Waals surface area contributed by atoms with Gasteiger partial charge in [0.15, 0.2) is 0 Å². The van der Waals surface area contributed by atoms with Crippen LogP contribution in [-0.4, -0.2) is 21.1 Å². The third-order valence-electron chi connectivity index (χ3n) is 2.71. The van der Waals surface area contributed by atoms with E-state index < -0.39 is 0 Å². The molecular formula is C12H14N4S. The van der Waals surface area contributed by atoms with E-state index in [1.807, 2.05) is 30.0 Å². The van der Waals surface area contributed by atoms with Gasteiger partial charge in [-0.3, -0.25) is 0 Å². The monoisotopic (exact) mass is 246 g/mol. The molecule has 1 aliphatic heterocycles. The van der Waals surface area contributed by atoms with Crippen molar-refractivity contribution in [3.8, 4) is 0 Å². The van der Waals surface area contributed by atoms with Crippen LogP contribution in [0, 0.1) is 0 Å². The topological polar surface area (TPSA) is 42.7 Å². The number of anilines is 1. The summed E-state index contributed by atoms with van der Waals surface area (Å²) in [5.74, 6) is 0. The van der Waals surface area contributed by atoms with Crippen LogP contribution in [0.15, 0.2) is 12.5 Å². The number of aryl methyl sites for hydroxylation is 2. The van der Waals surface area contributed by atoms with Gasteiger partial charge in [-0.1, -0.05) is 11.3 Å². The summed E-state index contributed by atoms with van der Waals surface area (Å²) in [4.78, 5) is 8.86. The zero-order valence-corrected chi connectivity index (χ0v) is 10.5. The molecule has 0 bridgehead atoms. The van der Waals surface area contributed by atoms with Gasteiger partial charge < -0.3 is 9.88 Å². The second kappa shape index (κ2) is 4.33. The zero-order chi connectivity index (χ0) is 11.7. The van der Waals surface area contributed by atoms with E-state index in [0.717, 1.165) is 23.7 Å². The number of thiazole rings is 1. The second-order valence-corrected chi connectivity index (χ2v) is 5.19. The second-order valence-electron chi connectivity index (χ2n) is 4.16. The summed E-state index contributed by atoms with van der Waals surface area (Å²) in [6.07, 6.45) is 10.1. The van der Waals surface area contributed by atoms with Crippen molar-refractivity contribution in [2.75, 3.05) is 11.9 Å². The molecule has 0 aromatic carbocycles. The van der Waals surface area contributed by atoms with Gasteiger partial charge in [0.25, 0.3) is 0 Å². The Morgan fingerprint density at radius 2 is 2.41 bits per heavy atom. The Balaban J connectivity index is 1.80. The quantitative estimate of drug-likeness (QED) is 0.885. The first-order valence-corrected chi connectivity index (χ1v) is 6.52. The molecule has 0 atom stereocenters. The van der Waals surface area contributed by atoms with Crippen LogP contribution >= 0.6 is 11.3 Å².